The molecule has 1 rings (SSSR count). The Labute approximate surface area is 98.1 Å². The molecule has 90 valence electrons. The fraction of sp³-hybridized carbons (Fsp3) is 0.600. The van der Waals surface area contributed by atoms with Crippen molar-refractivity contribution in [1.29, 1.82) is 0 Å². The van der Waals surface area contributed by atoms with Crippen LogP contribution in [0.5, 0.6) is 0 Å². The molecule has 0 aromatic carbocycles. The number of amides is 1. The lowest BCUT2D eigenvalue weighted by atomic mass is 10.0. The van der Waals surface area contributed by atoms with Crippen LogP contribution in [0.25, 0.3) is 0 Å². The number of aromatic amines is 1. The van der Waals surface area contributed by atoms with Crippen LogP contribution in [-0.4, -0.2) is 16.9 Å². The molecule has 0 saturated carbocycles. The zero-order valence-electron chi connectivity index (χ0n) is 9.45. The number of carbonyl (C=O) groups is 1. The van der Waals surface area contributed by atoms with E-state index < -0.39 is 6.04 Å². The first kappa shape index (κ1) is 12.9. The molecule has 6 heteroatoms. The fourth-order valence-corrected chi connectivity index (χ4v) is 1.91. The second-order valence-corrected chi connectivity index (χ2v) is 4.97. The molecular weight excluding hydrogens is 226 g/mol. The van der Waals surface area contributed by atoms with Gasteiger partial charge in [0, 0.05) is 11.1 Å². The maximum atomic E-state index is 11.5. The minimum absolute atomic E-state index is 0.115. The number of thiazole rings is 1. The number of hydrogen-bond acceptors (Lipinski definition) is 4. The van der Waals surface area contributed by atoms with E-state index in [1.165, 1.54) is 0 Å². The van der Waals surface area contributed by atoms with Crippen molar-refractivity contribution < 1.29 is 4.79 Å². The van der Waals surface area contributed by atoms with Crippen LogP contribution in [0.4, 0.5) is 0 Å². The molecule has 0 saturated heterocycles. The van der Waals surface area contributed by atoms with E-state index in [2.05, 4.69) is 10.3 Å². The summed E-state index contributed by atoms with van der Waals surface area (Å²) in [6.45, 7) is 4.36. The summed E-state index contributed by atoms with van der Waals surface area (Å²) in [4.78, 5) is 24.9. The summed E-state index contributed by atoms with van der Waals surface area (Å²) in [5.74, 6) is 0.211. The fourth-order valence-electron chi connectivity index (χ4n) is 1.33. The first-order valence-corrected chi connectivity index (χ1v) is 6.07. The third-order valence-corrected chi connectivity index (χ3v) is 2.80. The van der Waals surface area contributed by atoms with Crippen LogP contribution in [-0.2, 0) is 11.3 Å². The number of hydrogen-bond donors (Lipinski definition) is 3. The van der Waals surface area contributed by atoms with Crippen molar-refractivity contribution in [3.8, 4) is 0 Å². The zero-order valence-corrected chi connectivity index (χ0v) is 10.3. The van der Waals surface area contributed by atoms with Crippen LogP contribution in [0.1, 0.15) is 26.0 Å². The van der Waals surface area contributed by atoms with Crippen molar-refractivity contribution in [1.82, 2.24) is 10.3 Å². The van der Waals surface area contributed by atoms with Gasteiger partial charge in [-0.3, -0.25) is 9.59 Å². The SMILES string of the molecule is CC(C)CC(N)C(=O)NCc1csc(=O)[nH]1. The lowest BCUT2D eigenvalue weighted by Crippen LogP contribution is -2.41. The largest absolute Gasteiger partial charge is 0.349 e. The summed E-state index contributed by atoms with van der Waals surface area (Å²) in [6, 6.07) is -0.481. The molecule has 1 aromatic rings. The molecule has 1 unspecified atom stereocenters. The van der Waals surface area contributed by atoms with E-state index in [1.54, 1.807) is 5.38 Å². The standard InChI is InChI=1S/C10H17N3O2S/c1-6(2)3-8(11)9(14)12-4-7-5-16-10(15)13-7/h5-6,8H,3-4,11H2,1-2H3,(H,12,14)(H,13,15). The van der Waals surface area contributed by atoms with Crippen molar-refractivity contribution >= 4 is 17.2 Å². The minimum atomic E-state index is -0.481. The Bertz CT molecular complexity index is 397. The van der Waals surface area contributed by atoms with Gasteiger partial charge in [0.1, 0.15) is 0 Å². The lowest BCUT2D eigenvalue weighted by molar-refractivity contribution is -0.122. The molecule has 0 aliphatic rings. The monoisotopic (exact) mass is 243 g/mol. The van der Waals surface area contributed by atoms with Crippen molar-refractivity contribution in [3.63, 3.8) is 0 Å². The molecule has 0 radical (unpaired) electrons. The number of nitrogens with two attached hydrogens (primary N) is 1. The molecule has 1 aromatic heterocycles. The number of rotatable bonds is 5. The molecule has 4 N–H and O–H groups in total. The molecule has 0 aliphatic carbocycles. The Balaban J connectivity index is 2.37. The van der Waals surface area contributed by atoms with Crippen LogP contribution >= 0.6 is 11.3 Å². The van der Waals surface area contributed by atoms with Gasteiger partial charge >= 0.3 is 4.87 Å². The molecule has 0 fully saturated rings. The second-order valence-electron chi connectivity index (χ2n) is 4.13. The summed E-state index contributed by atoms with van der Waals surface area (Å²) in [7, 11) is 0. The smallest absolute Gasteiger partial charge is 0.304 e. The molecule has 0 aliphatic heterocycles. The van der Waals surface area contributed by atoms with Crippen molar-refractivity contribution in [2.75, 3.05) is 0 Å². The Morgan fingerprint density at radius 2 is 2.31 bits per heavy atom. The highest BCUT2D eigenvalue weighted by Gasteiger charge is 2.14. The molecule has 0 bridgehead atoms. The van der Waals surface area contributed by atoms with Gasteiger partial charge in [0.2, 0.25) is 5.91 Å². The van der Waals surface area contributed by atoms with E-state index in [9.17, 15) is 9.59 Å². The zero-order chi connectivity index (χ0) is 12.1. The van der Waals surface area contributed by atoms with Gasteiger partial charge in [-0.15, -0.1) is 0 Å². The maximum Gasteiger partial charge on any atom is 0.304 e. The summed E-state index contributed by atoms with van der Waals surface area (Å²) < 4.78 is 0. The van der Waals surface area contributed by atoms with E-state index >= 15 is 0 Å². The Morgan fingerprint density at radius 3 is 2.81 bits per heavy atom. The van der Waals surface area contributed by atoms with Crippen LogP contribution in [0.2, 0.25) is 0 Å². The Hall–Kier alpha value is -1.14. The number of nitrogens with one attached hydrogen (secondary N) is 2. The van der Waals surface area contributed by atoms with Crippen molar-refractivity contribution in [2.24, 2.45) is 11.7 Å². The van der Waals surface area contributed by atoms with E-state index in [1.807, 2.05) is 13.8 Å². The highest BCUT2D eigenvalue weighted by Crippen LogP contribution is 2.03. The Kier molecular flexibility index (Phi) is 4.70. The normalized spacial score (nSPS) is 12.8. The third kappa shape index (κ3) is 4.16. The average molecular weight is 243 g/mol. The molecule has 0 spiro atoms. The first-order chi connectivity index (χ1) is 7.49. The number of carbonyl (C=O) groups excluding carboxylic acids is 1. The summed E-state index contributed by atoms with van der Waals surface area (Å²) in [5.41, 5.74) is 6.41. The Morgan fingerprint density at radius 1 is 1.62 bits per heavy atom. The van der Waals surface area contributed by atoms with E-state index in [4.69, 9.17) is 5.73 Å². The van der Waals surface area contributed by atoms with E-state index in [0.717, 1.165) is 11.3 Å². The van der Waals surface area contributed by atoms with Gasteiger partial charge in [-0.25, -0.2) is 0 Å². The first-order valence-electron chi connectivity index (χ1n) is 5.19. The molecular formula is C10H17N3O2S. The van der Waals surface area contributed by atoms with Gasteiger partial charge < -0.3 is 16.0 Å². The molecule has 1 atom stereocenters. The molecule has 1 amide bonds. The van der Waals surface area contributed by atoms with E-state index in [-0.39, 0.29) is 10.8 Å². The van der Waals surface area contributed by atoms with E-state index in [0.29, 0.717) is 24.6 Å². The van der Waals surface area contributed by atoms with Gasteiger partial charge in [0.05, 0.1) is 12.6 Å². The second kappa shape index (κ2) is 5.81. The number of H-pyrrole nitrogens is 1. The predicted molar refractivity (Wildman–Crippen MR) is 64.2 cm³/mol. The lowest BCUT2D eigenvalue weighted by Gasteiger charge is -2.13. The van der Waals surface area contributed by atoms with Gasteiger partial charge in [0.15, 0.2) is 0 Å². The van der Waals surface area contributed by atoms with Crippen molar-refractivity contribution in [3.05, 3.63) is 20.7 Å². The predicted octanol–water partition coefficient (Wildman–Crippen LogP) is 0.426. The minimum Gasteiger partial charge on any atom is -0.349 e. The van der Waals surface area contributed by atoms with Crippen molar-refractivity contribution in [2.45, 2.75) is 32.9 Å². The van der Waals surface area contributed by atoms with Gasteiger partial charge in [0.25, 0.3) is 0 Å². The number of aromatic nitrogens is 1. The van der Waals surface area contributed by atoms with Gasteiger partial charge in [-0.05, 0) is 12.3 Å². The highest BCUT2D eigenvalue weighted by molar-refractivity contribution is 7.07. The van der Waals surface area contributed by atoms with Crippen LogP contribution in [0.15, 0.2) is 10.2 Å². The van der Waals surface area contributed by atoms with Crippen LogP contribution in [0, 0.1) is 5.92 Å². The maximum absolute atomic E-state index is 11.5. The van der Waals surface area contributed by atoms with Gasteiger partial charge in [-0.2, -0.15) is 0 Å². The molecule has 16 heavy (non-hydrogen) atoms. The third-order valence-electron chi connectivity index (χ3n) is 2.09. The summed E-state index contributed by atoms with van der Waals surface area (Å²) in [6.07, 6.45) is 0.659. The topological polar surface area (TPSA) is 88.0 Å². The quantitative estimate of drug-likeness (QED) is 0.700. The molecule has 1 heterocycles. The molecule has 5 nitrogen and oxygen atoms in total. The summed E-state index contributed by atoms with van der Waals surface area (Å²) in [5, 5.41) is 4.38. The van der Waals surface area contributed by atoms with Gasteiger partial charge in [-0.1, -0.05) is 25.2 Å². The summed E-state index contributed by atoms with van der Waals surface area (Å²) >= 11 is 1.08. The highest BCUT2D eigenvalue weighted by atomic mass is 32.1. The van der Waals surface area contributed by atoms with Crippen LogP contribution in [0.3, 0.4) is 0 Å². The van der Waals surface area contributed by atoms with Crippen LogP contribution < -0.4 is 15.9 Å². The average Bonchev–Trinajstić information content (AvgIpc) is 2.59.